The summed E-state index contributed by atoms with van der Waals surface area (Å²) in [5.74, 6) is 0. The Bertz CT molecular complexity index is 344. The van der Waals surface area contributed by atoms with Gasteiger partial charge in [0.2, 0.25) is 0 Å². The lowest BCUT2D eigenvalue weighted by atomic mass is 10.0. The fraction of sp³-hybridized carbons (Fsp3) is 0.667. The molecule has 0 amide bonds. The average Bonchev–Trinajstić information content (AvgIpc) is 2.40. The van der Waals surface area contributed by atoms with Crippen molar-refractivity contribution in [2.24, 2.45) is 0 Å². The van der Waals surface area contributed by atoms with Gasteiger partial charge in [0, 0.05) is 24.9 Å². The molecule has 1 aromatic heterocycles. The third kappa shape index (κ3) is 4.39. The maximum atomic E-state index is 10.0. The van der Waals surface area contributed by atoms with Crippen molar-refractivity contribution in [2.45, 2.75) is 57.7 Å². The van der Waals surface area contributed by atoms with Crippen LogP contribution in [0.5, 0.6) is 0 Å². The molecule has 18 heavy (non-hydrogen) atoms. The summed E-state index contributed by atoms with van der Waals surface area (Å²) in [4.78, 5) is 4.32. The van der Waals surface area contributed by atoms with Gasteiger partial charge >= 0.3 is 0 Å². The molecule has 0 bridgehead atoms. The van der Waals surface area contributed by atoms with E-state index in [1.807, 2.05) is 25.3 Å². The molecule has 3 heteroatoms. The van der Waals surface area contributed by atoms with Crippen LogP contribution in [-0.4, -0.2) is 28.9 Å². The molecule has 0 aromatic carbocycles. The molecular weight excluding hydrogens is 226 g/mol. The van der Waals surface area contributed by atoms with E-state index in [2.05, 4.69) is 4.98 Å². The number of nitrogens with zero attached hydrogens (tertiary/aromatic N) is 1. The van der Waals surface area contributed by atoms with E-state index in [0.29, 0.717) is 12.5 Å². The molecule has 1 saturated heterocycles. The number of hydrogen-bond acceptors (Lipinski definition) is 3. The first-order valence-electron chi connectivity index (χ1n) is 6.95. The van der Waals surface area contributed by atoms with Crippen molar-refractivity contribution in [1.29, 1.82) is 0 Å². The quantitative estimate of drug-likeness (QED) is 0.872. The normalized spacial score (nSPS) is 21.8. The highest BCUT2D eigenvalue weighted by atomic mass is 16.5. The van der Waals surface area contributed by atoms with E-state index in [9.17, 15) is 5.11 Å². The molecule has 2 heterocycles. The summed E-state index contributed by atoms with van der Waals surface area (Å²) < 4.78 is 5.67. The van der Waals surface area contributed by atoms with Crippen molar-refractivity contribution < 1.29 is 9.84 Å². The Morgan fingerprint density at radius 1 is 1.44 bits per heavy atom. The molecule has 1 N–H and O–H groups in total. The Morgan fingerprint density at radius 3 is 3.00 bits per heavy atom. The molecule has 2 atom stereocenters. The summed E-state index contributed by atoms with van der Waals surface area (Å²) in [7, 11) is 0. The van der Waals surface area contributed by atoms with Gasteiger partial charge in [0.25, 0.3) is 0 Å². The third-order valence-electron chi connectivity index (χ3n) is 3.51. The van der Waals surface area contributed by atoms with E-state index in [1.54, 1.807) is 0 Å². The first-order valence-corrected chi connectivity index (χ1v) is 6.95. The molecule has 0 spiro atoms. The first kappa shape index (κ1) is 13.5. The molecule has 3 nitrogen and oxygen atoms in total. The number of aliphatic hydroxyl groups is 1. The van der Waals surface area contributed by atoms with E-state index >= 15 is 0 Å². The summed E-state index contributed by atoms with van der Waals surface area (Å²) in [5, 5.41) is 10.0. The van der Waals surface area contributed by atoms with Crippen LogP contribution in [0.2, 0.25) is 0 Å². The molecule has 100 valence electrons. The average molecular weight is 249 g/mol. The topological polar surface area (TPSA) is 42.4 Å². The van der Waals surface area contributed by atoms with Gasteiger partial charge in [-0.1, -0.05) is 6.07 Å². The van der Waals surface area contributed by atoms with Crippen molar-refractivity contribution in [3.63, 3.8) is 0 Å². The second-order valence-corrected chi connectivity index (χ2v) is 5.25. The van der Waals surface area contributed by atoms with Gasteiger partial charge < -0.3 is 9.84 Å². The monoisotopic (exact) mass is 249 g/mol. The Balaban J connectivity index is 1.71. The minimum atomic E-state index is -0.300. The van der Waals surface area contributed by atoms with E-state index < -0.39 is 0 Å². The van der Waals surface area contributed by atoms with Gasteiger partial charge in [0.05, 0.1) is 12.2 Å². The van der Waals surface area contributed by atoms with Crippen LogP contribution in [0.3, 0.4) is 0 Å². The number of hydrogen-bond donors (Lipinski definition) is 1. The van der Waals surface area contributed by atoms with Gasteiger partial charge in [0.1, 0.15) is 0 Å². The van der Waals surface area contributed by atoms with Gasteiger partial charge in [-0.2, -0.15) is 0 Å². The number of pyridine rings is 1. The molecule has 0 saturated carbocycles. The lowest BCUT2D eigenvalue weighted by Crippen LogP contribution is -2.22. The fourth-order valence-corrected chi connectivity index (χ4v) is 2.38. The molecule has 0 aliphatic carbocycles. The molecule has 1 aliphatic heterocycles. The Kier molecular flexibility index (Phi) is 5.14. The lowest BCUT2D eigenvalue weighted by molar-refractivity contribution is 0.00228. The molecule has 0 radical (unpaired) electrons. The van der Waals surface area contributed by atoms with Crippen LogP contribution in [-0.2, 0) is 11.2 Å². The van der Waals surface area contributed by atoms with Crippen molar-refractivity contribution in [3.8, 4) is 0 Å². The number of rotatable bonds is 5. The molecule has 1 aliphatic rings. The molecular formula is C15H23NO2. The zero-order valence-corrected chi connectivity index (χ0v) is 11.1. The van der Waals surface area contributed by atoms with Crippen LogP contribution in [0.25, 0.3) is 0 Å². The van der Waals surface area contributed by atoms with Crippen LogP contribution in [0, 0.1) is 6.92 Å². The van der Waals surface area contributed by atoms with E-state index in [4.69, 9.17) is 4.74 Å². The molecule has 1 aromatic rings. The fourth-order valence-electron chi connectivity index (χ4n) is 2.38. The zero-order chi connectivity index (χ0) is 12.8. The van der Waals surface area contributed by atoms with Crippen LogP contribution < -0.4 is 0 Å². The maximum Gasteiger partial charge on any atom is 0.0596 e. The van der Waals surface area contributed by atoms with Crippen LogP contribution >= 0.6 is 0 Å². The van der Waals surface area contributed by atoms with E-state index in [1.165, 1.54) is 12.8 Å². The van der Waals surface area contributed by atoms with Gasteiger partial charge in [0.15, 0.2) is 0 Å². The van der Waals surface area contributed by atoms with E-state index in [0.717, 1.165) is 37.1 Å². The SMILES string of the molecule is Cc1ccc(CC(O)CCC2CCCCO2)nc1. The first-order chi connectivity index (χ1) is 8.74. The predicted octanol–water partition coefficient (Wildman–Crippen LogP) is 2.64. The number of aryl methyl sites for hydroxylation is 1. The van der Waals surface area contributed by atoms with E-state index in [-0.39, 0.29) is 6.10 Å². The van der Waals surface area contributed by atoms with Crippen molar-refractivity contribution in [3.05, 3.63) is 29.6 Å². The highest BCUT2D eigenvalue weighted by Crippen LogP contribution is 2.18. The highest BCUT2D eigenvalue weighted by Gasteiger charge is 2.16. The Morgan fingerprint density at radius 2 is 2.33 bits per heavy atom. The van der Waals surface area contributed by atoms with Gasteiger partial charge in [-0.05, 0) is 50.7 Å². The van der Waals surface area contributed by atoms with Gasteiger partial charge in [-0.25, -0.2) is 0 Å². The largest absolute Gasteiger partial charge is 0.393 e. The molecule has 1 fully saturated rings. The summed E-state index contributed by atoms with van der Waals surface area (Å²) in [6, 6.07) is 4.04. The summed E-state index contributed by atoms with van der Waals surface area (Å²) in [6.45, 7) is 2.91. The molecule has 2 rings (SSSR count). The zero-order valence-electron chi connectivity index (χ0n) is 11.1. The van der Waals surface area contributed by atoms with Crippen LogP contribution in [0.1, 0.15) is 43.4 Å². The van der Waals surface area contributed by atoms with Crippen molar-refractivity contribution in [1.82, 2.24) is 4.98 Å². The van der Waals surface area contributed by atoms with Crippen molar-refractivity contribution >= 4 is 0 Å². The van der Waals surface area contributed by atoms with Gasteiger partial charge in [-0.15, -0.1) is 0 Å². The molecule has 2 unspecified atom stereocenters. The summed E-state index contributed by atoms with van der Waals surface area (Å²) in [5.41, 5.74) is 2.13. The number of aliphatic hydroxyl groups excluding tert-OH is 1. The number of ether oxygens (including phenoxy) is 1. The maximum absolute atomic E-state index is 10.0. The van der Waals surface area contributed by atoms with Crippen molar-refractivity contribution in [2.75, 3.05) is 6.61 Å². The Labute approximate surface area is 109 Å². The van der Waals surface area contributed by atoms with Crippen LogP contribution in [0.4, 0.5) is 0 Å². The predicted molar refractivity (Wildman–Crippen MR) is 71.5 cm³/mol. The lowest BCUT2D eigenvalue weighted by Gasteiger charge is -2.23. The number of aromatic nitrogens is 1. The third-order valence-corrected chi connectivity index (χ3v) is 3.51. The van der Waals surface area contributed by atoms with Crippen LogP contribution in [0.15, 0.2) is 18.3 Å². The highest BCUT2D eigenvalue weighted by molar-refractivity contribution is 5.12. The minimum Gasteiger partial charge on any atom is -0.393 e. The summed E-state index contributed by atoms with van der Waals surface area (Å²) in [6.07, 6.45) is 7.93. The standard InChI is InChI=1S/C15H23NO2/c1-12-5-6-13(16-11-12)10-14(17)7-8-15-4-2-3-9-18-15/h5-6,11,14-15,17H,2-4,7-10H2,1H3. The smallest absolute Gasteiger partial charge is 0.0596 e. The van der Waals surface area contributed by atoms with Gasteiger partial charge in [-0.3, -0.25) is 4.98 Å². The second-order valence-electron chi connectivity index (χ2n) is 5.25. The Hall–Kier alpha value is -0.930. The minimum absolute atomic E-state index is 0.300. The second kappa shape index (κ2) is 6.86. The summed E-state index contributed by atoms with van der Waals surface area (Å²) >= 11 is 0.